The zero-order chi connectivity index (χ0) is 30.7. The van der Waals surface area contributed by atoms with Gasteiger partial charge in [0, 0.05) is 62.6 Å². The molecular formula is C33H39N5O4S. The van der Waals surface area contributed by atoms with E-state index in [2.05, 4.69) is 16.4 Å². The second kappa shape index (κ2) is 12.7. The molecule has 0 saturated heterocycles. The molecule has 0 radical (unpaired) electrons. The van der Waals surface area contributed by atoms with Crippen LogP contribution in [-0.2, 0) is 29.1 Å². The van der Waals surface area contributed by atoms with E-state index in [1.54, 1.807) is 35.3 Å². The Labute approximate surface area is 256 Å². The van der Waals surface area contributed by atoms with Crippen LogP contribution in [0.15, 0.2) is 59.0 Å². The fraction of sp³-hybridized carbons (Fsp3) is 0.394. The van der Waals surface area contributed by atoms with Crippen molar-refractivity contribution in [3.8, 4) is 5.75 Å². The molecule has 0 atom stereocenters. The first kappa shape index (κ1) is 30.4. The van der Waals surface area contributed by atoms with E-state index >= 15 is 0 Å². The zero-order valence-electron chi connectivity index (χ0n) is 25.5. The third-order valence-electron chi connectivity index (χ3n) is 8.01. The highest BCUT2D eigenvalue weighted by molar-refractivity contribution is 7.17. The molecule has 1 aromatic carbocycles. The van der Waals surface area contributed by atoms with Crippen LogP contribution in [0.2, 0.25) is 0 Å². The number of aromatic nitrogens is 2. The topological polar surface area (TPSA) is 96.8 Å². The SMILES string of the molecule is CCN1C(=O)C(C)(C)C(=O)N(C)c2cc(OCCCNCc3ccnc(CCn4cc(C)c5ccsc5c4=O)c3)ccc21. The largest absolute Gasteiger partial charge is 0.493 e. The molecule has 0 unspecified atom stereocenters. The number of fused-ring (bicyclic) bond motifs is 2. The minimum Gasteiger partial charge on any atom is -0.493 e. The molecule has 5 rings (SSSR count). The first-order chi connectivity index (χ1) is 20.6. The summed E-state index contributed by atoms with van der Waals surface area (Å²) in [5.41, 5.74) is 3.51. The van der Waals surface area contributed by atoms with Crippen molar-refractivity contribution in [2.75, 3.05) is 36.5 Å². The van der Waals surface area contributed by atoms with E-state index in [0.29, 0.717) is 49.8 Å². The lowest BCUT2D eigenvalue weighted by molar-refractivity contribution is -0.137. The Morgan fingerprint density at radius 2 is 1.86 bits per heavy atom. The first-order valence-electron chi connectivity index (χ1n) is 14.7. The Morgan fingerprint density at radius 1 is 1.05 bits per heavy atom. The maximum absolute atomic E-state index is 13.1. The van der Waals surface area contributed by atoms with Crippen LogP contribution in [0, 0.1) is 12.3 Å². The van der Waals surface area contributed by atoms with Gasteiger partial charge in [0.2, 0.25) is 11.8 Å². The van der Waals surface area contributed by atoms with Gasteiger partial charge < -0.3 is 24.4 Å². The lowest BCUT2D eigenvalue weighted by atomic mass is 9.90. The predicted molar refractivity (Wildman–Crippen MR) is 172 cm³/mol. The summed E-state index contributed by atoms with van der Waals surface area (Å²) in [5, 5.41) is 6.47. The van der Waals surface area contributed by atoms with Crippen molar-refractivity contribution >= 4 is 44.6 Å². The molecule has 43 heavy (non-hydrogen) atoms. The normalized spacial score (nSPS) is 14.7. The third kappa shape index (κ3) is 6.21. The molecule has 0 bridgehead atoms. The highest BCUT2D eigenvalue weighted by atomic mass is 32.1. The maximum atomic E-state index is 13.1. The Hall–Kier alpha value is -4.02. The number of pyridine rings is 2. The monoisotopic (exact) mass is 601 g/mol. The molecule has 3 aromatic heterocycles. The van der Waals surface area contributed by atoms with Crippen molar-refractivity contribution < 1.29 is 14.3 Å². The first-order valence-corrected chi connectivity index (χ1v) is 15.6. The highest BCUT2D eigenvalue weighted by Crippen LogP contribution is 2.40. The Kier molecular flexibility index (Phi) is 8.98. The molecular weight excluding hydrogens is 562 g/mol. The van der Waals surface area contributed by atoms with Crippen LogP contribution in [-0.4, -0.2) is 48.1 Å². The van der Waals surface area contributed by atoms with E-state index < -0.39 is 5.41 Å². The van der Waals surface area contributed by atoms with Gasteiger partial charge in [0.05, 0.1) is 22.7 Å². The maximum Gasteiger partial charge on any atom is 0.268 e. The summed E-state index contributed by atoms with van der Waals surface area (Å²) in [4.78, 5) is 46.7. The molecule has 9 nitrogen and oxygen atoms in total. The van der Waals surface area contributed by atoms with E-state index in [0.717, 1.165) is 39.9 Å². The lowest BCUT2D eigenvalue weighted by Gasteiger charge is -2.27. The number of nitrogens with zero attached hydrogens (tertiary/aromatic N) is 4. The standard InChI is InChI=1S/C33H39N5O4S/c1-6-38-27-9-8-25(19-28(27)36(5)31(40)33(3,4)32(38)41)42-16-7-13-34-20-23-10-14-35-24(18-23)11-15-37-21-22(2)26-12-17-43-29(26)30(37)39/h8-10,12,14,17-19,21,34H,6-7,11,13,15-16,20H2,1-5H3. The summed E-state index contributed by atoms with van der Waals surface area (Å²) >= 11 is 1.49. The van der Waals surface area contributed by atoms with E-state index in [1.807, 2.05) is 62.0 Å². The van der Waals surface area contributed by atoms with Gasteiger partial charge in [-0.15, -0.1) is 11.3 Å². The van der Waals surface area contributed by atoms with Gasteiger partial charge in [0.1, 0.15) is 11.2 Å². The summed E-state index contributed by atoms with van der Waals surface area (Å²) < 4.78 is 8.61. The predicted octanol–water partition coefficient (Wildman–Crippen LogP) is 4.92. The van der Waals surface area contributed by atoms with Crippen LogP contribution < -0.4 is 25.4 Å². The number of hydrogen-bond donors (Lipinski definition) is 1. The molecule has 1 aliphatic heterocycles. The van der Waals surface area contributed by atoms with Crippen LogP contribution in [0.4, 0.5) is 11.4 Å². The zero-order valence-corrected chi connectivity index (χ0v) is 26.3. The van der Waals surface area contributed by atoms with Gasteiger partial charge in [0.15, 0.2) is 0 Å². The minimum absolute atomic E-state index is 0.0593. The van der Waals surface area contributed by atoms with E-state index in [9.17, 15) is 14.4 Å². The van der Waals surface area contributed by atoms with Crippen molar-refractivity contribution in [3.05, 3.63) is 81.3 Å². The van der Waals surface area contributed by atoms with Crippen LogP contribution in [0.25, 0.3) is 10.1 Å². The fourth-order valence-electron chi connectivity index (χ4n) is 5.54. The van der Waals surface area contributed by atoms with Gasteiger partial charge in [-0.3, -0.25) is 19.4 Å². The van der Waals surface area contributed by atoms with E-state index in [1.165, 1.54) is 11.3 Å². The molecule has 10 heteroatoms. The van der Waals surface area contributed by atoms with Gasteiger partial charge >= 0.3 is 0 Å². The lowest BCUT2D eigenvalue weighted by Crippen LogP contribution is -2.47. The molecule has 0 aliphatic carbocycles. The summed E-state index contributed by atoms with van der Waals surface area (Å²) in [6.07, 6.45) is 5.24. The summed E-state index contributed by atoms with van der Waals surface area (Å²) in [6.45, 7) is 10.4. The number of aryl methyl sites for hydroxylation is 3. The Morgan fingerprint density at radius 3 is 2.65 bits per heavy atom. The van der Waals surface area contributed by atoms with Crippen LogP contribution >= 0.6 is 11.3 Å². The van der Waals surface area contributed by atoms with E-state index in [4.69, 9.17) is 4.74 Å². The van der Waals surface area contributed by atoms with Gasteiger partial charge in [-0.1, -0.05) is 0 Å². The Balaban J connectivity index is 1.11. The molecule has 226 valence electrons. The number of anilines is 2. The third-order valence-corrected chi connectivity index (χ3v) is 8.92. The molecule has 1 N–H and O–H groups in total. The van der Waals surface area contributed by atoms with Crippen LogP contribution in [0.1, 0.15) is 44.0 Å². The van der Waals surface area contributed by atoms with Crippen molar-refractivity contribution in [1.82, 2.24) is 14.9 Å². The van der Waals surface area contributed by atoms with Gasteiger partial charge in [-0.05, 0) is 87.5 Å². The average molecular weight is 602 g/mol. The summed E-state index contributed by atoms with van der Waals surface area (Å²) in [6, 6.07) is 11.6. The van der Waals surface area contributed by atoms with E-state index in [-0.39, 0.29) is 17.4 Å². The Bertz CT molecular complexity index is 1710. The number of ether oxygens (including phenoxy) is 1. The van der Waals surface area contributed by atoms with Crippen LogP contribution in [0.5, 0.6) is 5.75 Å². The molecule has 0 fully saturated rings. The van der Waals surface area contributed by atoms with Crippen molar-refractivity contribution in [1.29, 1.82) is 0 Å². The number of nitrogens with one attached hydrogen (secondary N) is 1. The fourth-order valence-corrected chi connectivity index (χ4v) is 6.46. The number of rotatable bonds is 11. The van der Waals surface area contributed by atoms with Crippen LogP contribution in [0.3, 0.4) is 0 Å². The number of thiophene rings is 1. The van der Waals surface area contributed by atoms with Gasteiger partial charge in [-0.25, -0.2) is 0 Å². The van der Waals surface area contributed by atoms with Gasteiger partial charge in [0.25, 0.3) is 5.56 Å². The summed E-state index contributed by atoms with van der Waals surface area (Å²) in [7, 11) is 1.71. The van der Waals surface area contributed by atoms with Crippen molar-refractivity contribution in [2.45, 2.75) is 53.6 Å². The number of carbonyl (C=O) groups is 2. The number of amides is 2. The minimum atomic E-state index is -1.14. The molecule has 4 aromatic rings. The smallest absolute Gasteiger partial charge is 0.268 e. The number of benzene rings is 1. The second-order valence-electron chi connectivity index (χ2n) is 11.4. The number of carbonyl (C=O) groups excluding carboxylic acids is 2. The van der Waals surface area contributed by atoms with Crippen molar-refractivity contribution in [3.63, 3.8) is 0 Å². The number of hydrogen-bond acceptors (Lipinski definition) is 7. The molecule has 0 spiro atoms. The molecule has 2 amide bonds. The quantitative estimate of drug-likeness (QED) is 0.194. The molecule has 1 aliphatic rings. The average Bonchev–Trinajstić information content (AvgIpc) is 3.50. The second-order valence-corrected chi connectivity index (χ2v) is 12.4. The highest BCUT2D eigenvalue weighted by Gasteiger charge is 2.45. The molecule has 0 saturated carbocycles. The van der Waals surface area contributed by atoms with Crippen molar-refractivity contribution in [2.24, 2.45) is 5.41 Å². The van der Waals surface area contributed by atoms with Gasteiger partial charge in [-0.2, -0.15) is 0 Å². The molecule has 4 heterocycles. The summed E-state index contributed by atoms with van der Waals surface area (Å²) in [5.74, 6) is 0.223.